The van der Waals surface area contributed by atoms with E-state index in [1.54, 1.807) is 0 Å². The number of hydrogen-bond donors (Lipinski definition) is 1. The molecule has 0 aromatic heterocycles. The van der Waals surface area contributed by atoms with Crippen molar-refractivity contribution in [1.29, 1.82) is 0 Å². The maximum Gasteiger partial charge on any atom is 0.407 e. The average Bonchev–Trinajstić information content (AvgIpc) is 2.65. The van der Waals surface area contributed by atoms with Gasteiger partial charge in [-0.15, -0.1) is 0 Å². The van der Waals surface area contributed by atoms with Crippen molar-refractivity contribution in [1.82, 2.24) is 10.2 Å². The number of nitrogens with zero attached hydrogens (tertiary/aromatic N) is 1. The van der Waals surface area contributed by atoms with Gasteiger partial charge >= 0.3 is 6.09 Å². The van der Waals surface area contributed by atoms with E-state index in [1.165, 1.54) is 63.5 Å². The summed E-state index contributed by atoms with van der Waals surface area (Å²) in [6, 6.07) is 0. The Kier molecular flexibility index (Phi) is 20.5. The molecule has 0 spiro atoms. The van der Waals surface area contributed by atoms with Crippen LogP contribution in [0.25, 0.3) is 0 Å². The molecule has 1 amide bonds. The van der Waals surface area contributed by atoms with Crippen LogP contribution in [0.3, 0.4) is 0 Å². The summed E-state index contributed by atoms with van der Waals surface area (Å²) in [6.07, 6.45) is 13.2. The molecule has 1 N–H and O–H groups in total. The Morgan fingerprint density at radius 2 is 1.42 bits per heavy atom. The first kappa shape index (κ1) is 25.6. The fourth-order valence-electron chi connectivity index (χ4n) is 2.85. The van der Waals surface area contributed by atoms with E-state index in [4.69, 9.17) is 4.74 Å². The van der Waals surface area contributed by atoms with Crippen LogP contribution >= 0.6 is 11.8 Å². The topological polar surface area (TPSA) is 41.6 Å². The Bertz CT molecular complexity index is 300. The third-order valence-corrected chi connectivity index (χ3v) is 5.80. The fourth-order valence-corrected chi connectivity index (χ4v) is 3.78. The minimum Gasteiger partial charge on any atom is -0.450 e. The summed E-state index contributed by atoms with van der Waals surface area (Å²) < 4.78 is 5.21. The monoisotopic (exact) mass is 388 g/mol. The molecule has 0 aliphatic heterocycles. The Labute approximate surface area is 167 Å². The molecule has 26 heavy (non-hydrogen) atoms. The van der Waals surface area contributed by atoms with Gasteiger partial charge in [0.2, 0.25) is 0 Å². The molecule has 5 heteroatoms. The Hall–Kier alpha value is -0.420. The predicted molar refractivity (Wildman–Crippen MR) is 116 cm³/mol. The summed E-state index contributed by atoms with van der Waals surface area (Å²) in [6.45, 7) is 10.6. The summed E-state index contributed by atoms with van der Waals surface area (Å²) in [4.78, 5) is 13.8. The van der Waals surface area contributed by atoms with E-state index in [9.17, 15) is 4.79 Å². The summed E-state index contributed by atoms with van der Waals surface area (Å²) in [5.74, 6) is 2.33. The summed E-state index contributed by atoms with van der Waals surface area (Å²) in [7, 11) is 0. The van der Waals surface area contributed by atoms with E-state index in [2.05, 4.69) is 31.0 Å². The van der Waals surface area contributed by atoms with Gasteiger partial charge in [0.25, 0.3) is 0 Å². The Morgan fingerprint density at radius 3 is 2.04 bits per heavy atom. The van der Waals surface area contributed by atoms with E-state index in [0.29, 0.717) is 13.2 Å². The van der Waals surface area contributed by atoms with Crippen LogP contribution in [0, 0.1) is 0 Å². The highest BCUT2D eigenvalue weighted by Crippen LogP contribution is 2.12. The molecule has 4 nitrogen and oxygen atoms in total. The number of likely N-dealkylation sites (N-methyl/N-ethyl adjacent to an activating group) is 1. The second-order valence-electron chi connectivity index (χ2n) is 6.88. The van der Waals surface area contributed by atoms with E-state index in [1.807, 2.05) is 11.8 Å². The second-order valence-corrected chi connectivity index (χ2v) is 8.11. The van der Waals surface area contributed by atoms with Crippen molar-refractivity contribution in [3.8, 4) is 0 Å². The smallest absolute Gasteiger partial charge is 0.407 e. The van der Waals surface area contributed by atoms with Crippen LogP contribution in [0.5, 0.6) is 0 Å². The summed E-state index contributed by atoms with van der Waals surface area (Å²) in [5, 5.41) is 2.82. The zero-order valence-electron chi connectivity index (χ0n) is 17.7. The lowest BCUT2D eigenvalue weighted by molar-refractivity contribution is 0.145. The molecule has 0 aromatic carbocycles. The predicted octanol–water partition coefficient (Wildman–Crippen LogP) is 5.71. The zero-order chi connectivity index (χ0) is 19.3. The second kappa shape index (κ2) is 20.9. The van der Waals surface area contributed by atoms with Gasteiger partial charge in [0, 0.05) is 13.1 Å². The molecular weight excluding hydrogens is 344 g/mol. The average molecular weight is 389 g/mol. The molecule has 0 radical (unpaired) electrons. The highest BCUT2D eigenvalue weighted by atomic mass is 32.2. The quantitative estimate of drug-likeness (QED) is 0.288. The molecule has 0 saturated carbocycles. The minimum atomic E-state index is -0.277. The number of amides is 1. The van der Waals surface area contributed by atoms with Crippen molar-refractivity contribution < 1.29 is 9.53 Å². The van der Waals surface area contributed by atoms with Crippen LogP contribution in [0.1, 0.15) is 85.0 Å². The normalized spacial score (nSPS) is 11.1. The van der Waals surface area contributed by atoms with Gasteiger partial charge in [-0.2, -0.15) is 11.8 Å². The van der Waals surface area contributed by atoms with Crippen molar-refractivity contribution in [2.45, 2.75) is 85.0 Å². The van der Waals surface area contributed by atoms with Gasteiger partial charge in [0.1, 0.15) is 0 Å². The summed E-state index contributed by atoms with van der Waals surface area (Å²) >= 11 is 1.99. The Morgan fingerprint density at radius 1 is 0.846 bits per heavy atom. The number of ether oxygens (including phenoxy) is 1. The highest BCUT2D eigenvalue weighted by molar-refractivity contribution is 7.99. The fraction of sp³-hybridized carbons (Fsp3) is 0.952. The van der Waals surface area contributed by atoms with Gasteiger partial charge in [-0.05, 0) is 37.4 Å². The van der Waals surface area contributed by atoms with Gasteiger partial charge in [-0.25, -0.2) is 4.79 Å². The number of hydrogen-bond acceptors (Lipinski definition) is 4. The van der Waals surface area contributed by atoms with E-state index >= 15 is 0 Å². The van der Waals surface area contributed by atoms with Crippen LogP contribution in [-0.2, 0) is 4.74 Å². The first-order valence-electron chi connectivity index (χ1n) is 10.9. The van der Waals surface area contributed by atoms with Gasteiger partial charge < -0.3 is 15.0 Å². The third-order valence-electron chi connectivity index (χ3n) is 4.65. The molecule has 0 fully saturated rings. The molecule has 0 aliphatic rings. The molecule has 0 heterocycles. The van der Waals surface area contributed by atoms with Gasteiger partial charge in [-0.1, -0.05) is 72.1 Å². The number of carbonyl (C=O) groups is 1. The van der Waals surface area contributed by atoms with E-state index < -0.39 is 0 Å². The maximum absolute atomic E-state index is 11.6. The molecular formula is C21H44N2O2S. The molecule has 0 bridgehead atoms. The van der Waals surface area contributed by atoms with Crippen LogP contribution in [0.2, 0.25) is 0 Å². The van der Waals surface area contributed by atoms with Crippen molar-refractivity contribution in [2.75, 3.05) is 44.3 Å². The number of thioether (sulfide) groups is 1. The number of alkyl carbamates (subject to hydrolysis) is 1. The lowest BCUT2D eigenvalue weighted by Gasteiger charge is -2.17. The maximum atomic E-state index is 11.6. The largest absolute Gasteiger partial charge is 0.450 e. The summed E-state index contributed by atoms with van der Waals surface area (Å²) in [5.41, 5.74) is 0. The molecule has 0 aromatic rings. The number of unbranched alkanes of at least 4 members (excludes halogenated alkanes) is 8. The van der Waals surface area contributed by atoms with Crippen molar-refractivity contribution in [2.24, 2.45) is 0 Å². The molecule has 0 unspecified atom stereocenters. The standard InChI is InChI=1S/C21H44N2O2S/c1-4-7-8-9-10-11-12-13-14-19-26-20-15-18-25-21(24)22-16-17-23(5-2)6-3/h4-20H2,1-3H3,(H,22,24). The van der Waals surface area contributed by atoms with Crippen LogP contribution in [-0.4, -0.2) is 55.3 Å². The number of rotatable bonds is 19. The van der Waals surface area contributed by atoms with E-state index in [0.717, 1.165) is 31.8 Å². The van der Waals surface area contributed by atoms with Gasteiger partial charge in [0.15, 0.2) is 0 Å². The molecule has 0 saturated heterocycles. The third kappa shape index (κ3) is 18.4. The number of nitrogens with one attached hydrogen (secondary N) is 1. The number of carbonyl (C=O) groups excluding carboxylic acids is 1. The van der Waals surface area contributed by atoms with Crippen molar-refractivity contribution >= 4 is 17.9 Å². The van der Waals surface area contributed by atoms with Gasteiger partial charge in [0.05, 0.1) is 6.61 Å². The SMILES string of the molecule is CCCCCCCCCCCSCCCOC(=O)NCCN(CC)CC. The van der Waals surface area contributed by atoms with E-state index in [-0.39, 0.29) is 6.09 Å². The Balaban J connectivity index is 3.20. The highest BCUT2D eigenvalue weighted by Gasteiger charge is 2.03. The molecule has 0 atom stereocenters. The molecule has 156 valence electrons. The van der Waals surface area contributed by atoms with Crippen LogP contribution in [0.4, 0.5) is 4.79 Å². The first-order valence-corrected chi connectivity index (χ1v) is 12.1. The minimum absolute atomic E-state index is 0.277. The lowest BCUT2D eigenvalue weighted by Crippen LogP contribution is -2.35. The van der Waals surface area contributed by atoms with Crippen molar-refractivity contribution in [3.63, 3.8) is 0 Å². The first-order chi connectivity index (χ1) is 12.7. The molecule has 0 rings (SSSR count). The van der Waals surface area contributed by atoms with Crippen LogP contribution < -0.4 is 5.32 Å². The van der Waals surface area contributed by atoms with Crippen LogP contribution in [0.15, 0.2) is 0 Å². The lowest BCUT2D eigenvalue weighted by atomic mass is 10.1. The van der Waals surface area contributed by atoms with Crippen molar-refractivity contribution in [3.05, 3.63) is 0 Å². The molecule has 0 aliphatic carbocycles. The van der Waals surface area contributed by atoms with Gasteiger partial charge in [-0.3, -0.25) is 0 Å². The zero-order valence-corrected chi connectivity index (χ0v) is 18.5.